The van der Waals surface area contributed by atoms with Crippen LogP contribution in [0.3, 0.4) is 0 Å². The molecule has 2 nitrogen and oxygen atoms in total. The van der Waals surface area contributed by atoms with Gasteiger partial charge in [-0.25, -0.2) is 0 Å². The summed E-state index contributed by atoms with van der Waals surface area (Å²) in [7, 11) is 2.03. The molecule has 0 unspecified atom stereocenters. The molecule has 0 aromatic heterocycles. The van der Waals surface area contributed by atoms with Crippen LogP contribution in [0.15, 0.2) is 18.2 Å². The van der Waals surface area contributed by atoms with Crippen molar-refractivity contribution >= 4 is 17.3 Å². The summed E-state index contributed by atoms with van der Waals surface area (Å²) in [5.41, 5.74) is 1.87. The number of hydrogen-bond donors (Lipinski definition) is 1. The molecule has 3 heteroatoms. The first-order valence-corrected chi connectivity index (χ1v) is 5.52. The van der Waals surface area contributed by atoms with Gasteiger partial charge in [-0.1, -0.05) is 31.5 Å². The Kier molecular flexibility index (Phi) is 4.43. The van der Waals surface area contributed by atoms with Gasteiger partial charge in [0.2, 0.25) is 0 Å². The first-order valence-electron chi connectivity index (χ1n) is 5.15. The van der Waals surface area contributed by atoms with Crippen molar-refractivity contribution in [3.05, 3.63) is 28.8 Å². The van der Waals surface area contributed by atoms with Gasteiger partial charge in [0.05, 0.1) is 17.3 Å². The minimum atomic E-state index is 0.0356. The molecule has 1 aromatic rings. The molecule has 0 spiro atoms. The van der Waals surface area contributed by atoms with Crippen LogP contribution in [0.5, 0.6) is 0 Å². The van der Waals surface area contributed by atoms with E-state index < -0.39 is 0 Å². The SMILES string of the molecule is CC(C)CN(C)c1ccc(CO)cc1Cl. The Morgan fingerprint density at radius 3 is 2.53 bits per heavy atom. The molecule has 1 N–H and O–H groups in total. The van der Waals surface area contributed by atoms with E-state index in [1.807, 2.05) is 25.2 Å². The fourth-order valence-electron chi connectivity index (χ4n) is 1.60. The van der Waals surface area contributed by atoms with Crippen molar-refractivity contribution in [1.82, 2.24) is 0 Å². The maximum Gasteiger partial charge on any atom is 0.0682 e. The lowest BCUT2D eigenvalue weighted by molar-refractivity contribution is 0.282. The van der Waals surface area contributed by atoms with Crippen LogP contribution in [-0.2, 0) is 6.61 Å². The second-order valence-corrected chi connectivity index (χ2v) is 4.63. The number of anilines is 1. The summed E-state index contributed by atoms with van der Waals surface area (Å²) in [5.74, 6) is 0.601. The second-order valence-electron chi connectivity index (χ2n) is 4.22. The summed E-state index contributed by atoms with van der Waals surface area (Å²) in [4.78, 5) is 2.13. The van der Waals surface area contributed by atoms with E-state index in [1.54, 1.807) is 0 Å². The van der Waals surface area contributed by atoms with Crippen LogP contribution in [0.1, 0.15) is 19.4 Å². The van der Waals surface area contributed by atoms with Gasteiger partial charge in [-0.05, 0) is 23.6 Å². The monoisotopic (exact) mass is 227 g/mol. The zero-order valence-corrected chi connectivity index (χ0v) is 10.3. The molecular formula is C12H18ClNO. The van der Waals surface area contributed by atoms with Gasteiger partial charge in [0, 0.05) is 13.6 Å². The summed E-state index contributed by atoms with van der Waals surface area (Å²) >= 11 is 6.13. The lowest BCUT2D eigenvalue weighted by atomic mass is 10.1. The van der Waals surface area contributed by atoms with Crippen LogP contribution in [0.4, 0.5) is 5.69 Å². The number of hydrogen-bond acceptors (Lipinski definition) is 2. The molecule has 84 valence electrons. The molecule has 0 aliphatic rings. The quantitative estimate of drug-likeness (QED) is 0.855. The second kappa shape index (κ2) is 5.38. The highest BCUT2D eigenvalue weighted by Crippen LogP contribution is 2.26. The lowest BCUT2D eigenvalue weighted by Crippen LogP contribution is -2.22. The van der Waals surface area contributed by atoms with Gasteiger partial charge in [-0.15, -0.1) is 0 Å². The smallest absolute Gasteiger partial charge is 0.0682 e. The maximum absolute atomic E-state index is 8.96. The Labute approximate surface area is 96.5 Å². The van der Waals surface area contributed by atoms with Crippen LogP contribution < -0.4 is 4.90 Å². The zero-order chi connectivity index (χ0) is 11.4. The molecule has 15 heavy (non-hydrogen) atoms. The molecule has 0 heterocycles. The Balaban J connectivity index is 2.85. The van der Waals surface area contributed by atoms with Crippen LogP contribution >= 0.6 is 11.6 Å². The van der Waals surface area contributed by atoms with Crippen molar-refractivity contribution in [2.75, 3.05) is 18.5 Å². The molecule has 1 rings (SSSR count). The third-order valence-corrected chi connectivity index (χ3v) is 2.55. The molecule has 0 radical (unpaired) electrons. The highest BCUT2D eigenvalue weighted by Gasteiger charge is 2.07. The van der Waals surface area contributed by atoms with Crippen molar-refractivity contribution in [3.63, 3.8) is 0 Å². The highest BCUT2D eigenvalue weighted by atomic mass is 35.5. The van der Waals surface area contributed by atoms with Gasteiger partial charge < -0.3 is 10.0 Å². The fraction of sp³-hybridized carbons (Fsp3) is 0.500. The standard InChI is InChI=1S/C12H18ClNO/c1-9(2)7-14(3)12-5-4-10(8-15)6-11(12)13/h4-6,9,15H,7-8H2,1-3H3. The first kappa shape index (κ1) is 12.3. The van der Waals surface area contributed by atoms with Crippen molar-refractivity contribution < 1.29 is 5.11 Å². The molecule has 0 atom stereocenters. The summed E-state index contributed by atoms with van der Waals surface area (Å²) in [6, 6.07) is 5.67. The predicted molar refractivity (Wildman–Crippen MR) is 65.5 cm³/mol. The maximum atomic E-state index is 8.96. The van der Waals surface area contributed by atoms with E-state index in [0.29, 0.717) is 10.9 Å². The first-order chi connectivity index (χ1) is 7.04. The average molecular weight is 228 g/mol. The molecule has 0 saturated heterocycles. The van der Waals surface area contributed by atoms with Gasteiger partial charge in [0.25, 0.3) is 0 Å². The largest absolute Gasteiger partial charge is 0.392 e. The molecule has 0 amide bonds. The summed E-state index contributed by atoms with van der Waals surface area (Å²) in [6.45, 7) is 5.35. The molecule has 0 aliphatic heterocycles. The van der Waals surface area contributed by atoms with Crippen molar-refractivity contribution in [2.24, 2.45) is 5.92 Å². The van der Waals surface area contributed by atoms with Crippen molar-refractivity contribution in [1.29, 1.82) is 0 Å². The summed E-state index contributed by atoms with van der Waals surface area (Å²) < 4.78 is 0. The number of aliphatic hydroxyl groups excluding tert-OH is 1. The number of nitrogens with zero attached hydrogens (tertiary/aromatic N) is 1. The Hall–Kier alpha value is -0.730. The summed E-state index contributed by atoms with van der Waals surface area (Å²) in [5, 5.41) is 9.66. The lowest BCUT2D eigenvalue weighted by Gasteiger charge is -2.22. The fourth-order valence-corrected chi connectivity index (χ4v) is 1.95. The van der Waals surface area contributed by atoms with Gasteiger partial charge in [0.15, 0.2) is 0 Å². The van der Waals surface area contributed by atoms with Crippen LogP contribution in [0.25, 0.3) is 0 Å². The number of benzene rings is 1. The van der Waals surface area contributed by atoms with E-state index in [-0.39, 0.29) is 6.61 Å². The average Bonchev–Trinajstić information content (AvgIpc) is 2.16. The molecule has 0 fully saturated rings. The van der Waals surface area contributed by atoms with Gasteiger partial charge in [-0.2, -0.15) is 0 Å². The van der Waals surface area contributed by atoms with Crippen molar-refractivity contribution in [2.45, 2.75) is 20.5 Å². The van der Waals surface area contributed by atoms with E-state index in [9.17, 15) is 0 Å². The van der Waals surface area contributed by atoms with Crippen LogP contribution in [0, 0.1) is 5.92 Å². The molecular weight excluding hydrogens is 210 g/mol. The van der Waals surface area contributed by atoms with Crippen LogP contribution in [-0.4, -0.2) is 18.7 Å². The van der Waals surface area contributed by atoms with E-state index in [1.165, 1.54) is 0 Å². The predicted octanol–water partition coefficient (Wildman–Crippen LogP) is 2.92. The Morgan fingerprint density at radius 2 is 2.07 bits per heavy atom. The van der Waals surface area contributed by atoms with E-state index in [4.69, 9.17) is 16.7 Å². The van der Waals surface area contributed by atoms with Gasteiger partial charge >= 0.3 is 0 Å². The number of halogens is 1. The topological polar surface area (TPSA) is 23.5 Å². The zero-order valence-electron chi connectivity index (χ0n) is 9.50. The van der Waals surface area contributed by atoms with Crippen molar-refractivity contribution in [3.8, 4) is 0 Å². The van der Waals surface area contributed by atoms with E-state index in [2.05, 4.69) is 18.7 Å². The summed E-state index contributed by atoms with van der Waals surface area (Å²) in [6.07, 6.45) is 0. The van der Waals surface area contributed by atoms with Gasteiger partial charge in [-0.3, -0.25) is 0 Å². The molecule has 0 aliphatic carbocycles. The number of rotatable bonds is 4. The Morgan fingerprint density at radius 1 is 1.40 bits per heavy atom. The third kappa shape index (κ3) is 3.40. The molecule has 0 saturated carbocycles. The number of aliphatic hydroxyl groups is 1. The normalized spacial score (nSPS) is 10.8. The molecule has 0 bridgehead atoms. The van der Waals surface area contributed by atoms with E-state index in [0.717, 1.165) is 17.8 Å². The highest BCUT2D eigenvalue weighted by molar-refractivity contribution is 6.33. The minimum Gasteiger partial charge on any atom is -0.392 e. The van der Waals surface area contributed by atoms with E-state index >= 15 is 0 Å². The Bertz CT molecular complexity index is 325. The molecule has 1 aromatic carbocycles. The minimum absolute atomic E-state index is 0.0356. The van der Waals surface area contributed by atoms with Crippen LogP contribution in [0.2, 0.25) is 5.02 Å². The van der Waals surface area contributed by atoms with Gasteiger partial charge in [0.1, 0.15) is 0 Å². The third-order valence-electron chi connectivity index (χ3n) is 2.24.